The Morgan fingerprint density at radius 2 is 1.88 bits per heavy atom. The molecule has 0 unspecified atom stereocenters. The van der Waals surface area contributed by atoms with Crippen molar-refractivity contribution in [1.29, 1.82) is 0 Å². The first-order valence-corrected chi connectivity index (χ1v) is 1.82. The van der Waals surface area contributed by atoms with E-state index in [1.807, 2.05) is 0 Å². The van der Waals surface area contributed by atoms with Crippen molar-refractivity contribution in [3.63, 3.8) is 0 Å². The second kappa shape index (κ2) is 5.17. The molecule has 0 fully saturated rings. The van der Waals surface area contributed by atoms with E-state index in [4.69, 9.17) is 0 Å². The van der Waals surface area contributed by atoms with Gasteiger partial charge in [-0.1, -0.05) is 0 Å². The molecule has 4 heteroatoms. The summed E-state index contributed by atoms with van der Waals surface area (Å²) in [5, 5.41) is 9.48. The summed E-state index contributed by atoms with van der Waals surface area (Å²) in [5.41, 5.74) is 0. The number of carboxylic acids is 1. The van der Waals surface area contributed by atoms with Crippen LogP contribution >= 0.6 is 0 Å². The molecule has 8 heavy (non-hydrogen) atoms. The number of carboxylic acid groups (broad SMARTS) is 1. The predicted octanol–water partition coefficient (Wildman–Crippen LogP) is -1.29. The van der Waals surface area contributed by atoms with Gasteiger partial charge in [-0.15, -0.1) is 0 Å². The average Bonchev–Trinajstić information content (AvgIpc) is 1.27. The second-order valence-electron chi connectivity index (χ2n) is 1.25. The molecule has 0 rings (SSSR count). The Labute approximate surface area is 66.2 Å². The Balaban J connectivity index is 0. The fourth-order valence-corrected chi connectivity index (χ4v) is 0.203. The van der Waals surface area contributed by atoms with Gasteiger partial charge in [0.25, 0.3) is 0 Å². The van der Waals surface area contributed by atoms with Gasteiger partial charge in [-0.25, -0.2) is 0 Å². The summed E-state index contributed by atoms with van der Waals surface area (Å²) in [6, 6.07) is 0. The number of hydrogen-bond acceptors (Lipinski definition) is 3. The van der Waals surface area contributed by atoms with Crippen LogP contribution in [0.3, 0.4) is 0 Å². The van der Waals surface area contributed by atoms with Gasteiger partial charge in [0.1, 0.15) is 5.78 Å². The molecular formula is C4H5O3Zr-. The number of carbonyl (C=O) groups is 2. The van der Waals surface area contributed by atoms with Gasteiger partial charge in [-0.2, -0.15) is 0 Å². The van der Waals surface area contributed by atoms with Gasteiger partial charge in [0.2, 0.25) is 0 Å². The van der Waals surface area contributed by atoms with E-state index in [-0.39, 0.29) is 32.0 Å². The standard InChI is InChI=1S/C4H6O3.Zr/c1-3(5)2-4(6)7;/h2H2,1H3,(H,6,7);/p-1. The summed E-state index contributed by atoms with van der Waals surface area (Å²) in [5.74, 6) is -1.69. The van der Waals surface area contributed by atoms with Crippen molar-refractivity contribution in [2.75, 3.05) is 0 Å². The summed E-state index contributed by atoms with van der Waals surface area (Å²) in [6.45, 7) is 1.20. The molecule has 0 amide bonds. The smallest absolute Gasteiger partial charge is 0.135 e. The Morgan fingerprint density at radius 1 is 1.50 bits per heavy atom. The monoisotopic (exact) mass is 191 g/mol. The largest absolute Gasteiger partial charge is 0.550 e. The van der Waals surface area contributed by atoms with Crippen LogP contribution in [0.1, 0.15) is 13.3 Å². The minimum Gasteiger partial charge on any atom is -0.550 e. The van der Waals surface area contributed by atoms with Crippen LogP contribution in [0.5, 0.6) is 0 Å². The van der Waals surface area contributed by atoms with E-state index in [1.54, 1.807) is 0 Å². The van der Waals surface area contributed by atoms with Crippen LogP contribution in [0, 0.1) is 0 Å². The van der Waals surface area contributed by atoms with Gasteiger partial charge < -0.3 is 9.90 Å². The van der Waals surface area contributed by atoms with Crippen LogP contribution in [0.2, 0.25) is 0 Å². The zero-order valence-corrected chi connectivity index (χ0v) is 6.89. The Hall–Kier alpha value is 0.0231. The molecule has 0 saturated heterocycles. The normalized spacial score (nSPS) is 7.12. The molecule has 0 bridgehead atoms. The van der Waals surface area contributed by atoms with Crippen molar-refractivity contribution in [3.05, 3.63) is 0 Å². The van der Waals surface area contributed by atoms with Crippen molar-refractivity contribution in [3.8, 4) is 0 Å². The molecule has 0 aliphatic rings. The minimum absolute atomic E-state index is 0. The second-order valence-corrected chi connectivity index (χ2v) is 1.25. The van der Waals surface area contributed by atoms with Crippen LogP contribution in [0.15, 0.2) is 0 Å². The molecule has 0 aliphatic carbocycles. The summed E-state index contributed by atoms with van der Waals surface area (Å²) in [4.78, 5) is 19.3. The fraction of sp³-hybridized carbons (Fsp3) is 0.500. The summed E-state index contributed by atoms with van der Waals surface area (Å²) < 4.78 is 0. The van der Waals surface area contributed by atoms with E-state index < -0.39 is 12.4 Å². The number of carbonyl (C=O) groups excluding carboxylic acids is 2. The van der Waals surface area contributed by atoms with Gasteiger partial charge in [0, 0.05) is 38.6 Å². The third kappa shape index (κ3) is 9.39. The molecule has 3 nitrogen and oxygen atoms in total. The Bertz CT molecular complexity index is 87.5. The van der Waals surface area contributed by atoms with E-state index in [1.165, 1.54) is 6.92 Å². The van der Waals surface area contributed by atoms with Gasteiger partial charge in [-0.3, -0.25) is 4.79 Å². The van der Waals surface area contributed by atoms with Crippen molar-refractivity contribution < 1.29 is 40.9 Å². The van der Waals surface area contributed by atoms with E-state index in [0.717, 1.165) is 0 Å². The van der Waals surface area contributed by atoms with Crippen LogP contribution in [0.25, 0.3) is 0 Å². The molecule has 0 aliphatic heterocycles. The van der Waals surface area contributed by atoms with Crippen LogP contribution in [-0.4, -0.2) is 11.8 Å². The molecule has 0 N–H and O–H groups in total. The zero-order valence-electron chi connectivity index (χ0n) is 4.43. The number of ketones is 1. The third-order valence-corrected chi connectivity index (χ3v) is 0.393. The number of hydrogen-bond donors (Lipinski definition) is 0. The van der Waals surface area contributed by atoms with Crippen LogP contribution in [-0.2, 0) is 35.8 Å². The molecule has 0 radical (unpaired) electrons. The van der Waals surface area contributed by atoms with E-state index in [2.05, 4.69) is 0 Å². The Kier molecular flexibility index (Phi) is 7.04. The van der Waals surface area contributed by atoms with Gasteiger partial charge in [0.15, 0.2) is 0 Å². The fourth-order valence-electron chi connectivity index (χ4n) is 0.203. The average molecular weight is 192 g/mol. The number of Topliss-reactive ketones (excluding diaryl/α,β-unsaturated/α-hetero) is 1. The molecule has 0 atom stereocenters. The molecule has 0 spiro atoms. The number of rotatable bonds is 2. The maximum absolute atomic E-state index is 9.83. The summed E-state index contributed by atoms with van der Waals surface area (Å²) in [6.07, 6.45) is -0.472. The molecule has 0 aromatic rings. The van der Waals surface area contributed by atoms with E-state index >= 15 is 0 Å². The first-order chi connectivity index (χ1) is 3.13. The Morgan fingerprint density at radius 3 is 1.88 bits per heavy atom. The maximum atomic E-state index is 9.83. The van der Waals surface area contributed by atoms with Crippen LogP contribution in [0.4, 0.5) is 0 Å². The topological polar surface area (TPSA) is 57.2 Å². The minimum atomic E-state index is -1.31. The SMILES string of the molecule is CC(=O)CC(=O)[O-].[Zr]. The molecule has 0 saturated carbocycles. The van der Waals surface area contributed by atoms with Crippen molar-refractivity contribution in [2.45, 2.75) is 13.3 Å². The first kappa shape index (κ1) is 10.9. The van der Waals surface area contributed by atoms with Crippen molar-refractivity contribution >= 4 is 11.8 Å². The first-order valence-electron chi connectivity index (χ1n) is 1.82. The van der Waals surface area contributed by atoms with Gasteiger partial charge in [0.05, 0.1) is 0 Å². The predicted molar refractivity (Wildman–Crippen MR) is 20.3 cm³/mol. The molecule has 0 heterocycles. The van der Waals surface area contributed by atoms with E-state index in [9.17, 15) is 14.7 Å². The molecule has 0 aromatic heterocycles. The number of aliphatic carboxylic acids is 1. The van der Waals surface area contributed by atoms with Crippen molar-refractivity contribution in [2.24, 2.45) is 0 Å². The zero-order chi connectivity index (χ0) is 5.86. The van der Waals surface area contributed by atoms with Gasteiger partial charge >= 0.3 is 0 Å². The van der Waals surface area contributed by atoms with E-state index in [0.29, 0.717) is 0 Å². The quantitative estimate of drug-likeness (QED) is 0.512. The van der Waals surface area contributed by atoms with Crippen LogP contribution < -0.4 is 5.11 Å². The maximum Gasteiger partial charge on any atom is 0.135 e. The third-order valence-electron chi connectivity index (χ3n) is 0.393. The molecular weight excluding hydrogens is 187 g/mol. The summed E-state index contributed by atoms with van der Waals surface area (Å²) in [7, 11) is 0. The molecule has 0 aromatic carbocycles. The van der Waals surface area contributed by atoms with Crippen molar-refractivity contribution in [1.82, 2.24) is 0 Å². The summed E-state index contributed by atoms with van der Waals surface area (Å²) >= 11 is 0. The van der Waals surface area contributed by atoms with Gasteiger partial charge in [-0.05, 0) is 6.92 Å². The molecule has 44 valence electrons.